The average molecular weight is 280 g/mol. The summed E-state index contributed by atoms with van der Waals surface area (Å²) in [5, 5.41) is 15.9. The molecule has 1 aromatic heterocycles. The van der Waals surface area contributed by atoms with Crippen molar-refractivity contribution in [2.75, 3.05) is 0 Å². The highest BCUT2D eigenvalue weighted by Crippen LogP contribution is 2.43. The fourth-order valence-corrected chi connectivity index (χ4v) is 3.66. The number of carbonyl (C=O) groups is 2. The van der Waals surface area contributed by atoms with Crippen LogP contribution in [0.25, 0.3) is 0 Å². The molecule has 4 unspecified atom stereocenters. The van der Waals surface area contributed by atoms with Crippen LogP contribution in [0, 0.1) is 11.8 Å². The van der Waals surface area contributed by atoms with Gasteiger partial charge in [0, 0.05) is 16.8 Å². The Morgan fingerprint density at radius 1 is 1.37 bits per heavy atom. The zero-order chi connectivity index (χ0) is 13.4. The van der Waals surface area contributed by atoms with Gasteiger partial charge in [0.2, 0.25) is 5.91 Å². The molecule has 1 amide bonds. The van der Waals surface area contributed by atoms with E-state index in [1.165, 1.54) is 0 Å². The van der Waals surface area contributed by atoms with Gasteiger partial charge in [0.25, 0.3) is 0 Å². The number of hydrogen-bond acceptors (Lipinski definition) is 5. The minimum atomic E-state index is -1.18. The summed E-state index contributed by atoms with van der Waals surface area (Å²) < 4.78 is 5.54. The number of carbonyl (C=O) groups excluding carboxylic acids is 2. The van der Waals surface area contributed by atoms with Gasteiger partial charge in [0.05, 0.1) is 24.7 Å². The molecule has 0 spiro atoms. The first kappa shape index (κ1) is 12.6. The Hall–Kier alpha value is -1.40. The first-order chi connectivity index (χ1) is 9.16. The van der Waals surface area contributed by atoms with Gasteiger partial charge in [0.15, 0.2) is 0 Å². The predicted octanol–water partition coefficient (Wildman–Crippen LogP) is -0.0922. The standard InChI is InChI=1S/C13H15NO4S/c15-12(14-6-7-2-1-5-19-7)10-8-3-4-9(18-8)11(10)13(16)17/h1-2,5,8-11H,3-4,6H2,(H,14,15)(H,16,17)/p-1. The van der Waals surface area contributed by atoms with Gasteiger partial charge in [-0.1, -0.05) is 6.07 Å². The molecule has 2 fully saturated rings. The monoisotopic (exact) mass is 280 g/mol. The molecular formula is C13H14NO4S-. The van der Waals surface area contributed by atoms with E-state index >= 15 is 0 Å². The number of thiophene rings is 1. The minimum Gasteiger partial charge on any atom is -0.550 e. The summed E-state index contributed by atoms with van der Waals surface area (Å²) in [5.41, 5.74) is 0. The maximum absolute atomic E-state index is 12.2. The fourth-order valence-electron chi connectivity index (χ4n) is 3.02. The molecule has 1 aromatic rings. The zero-order valence-corrected chi connectivity index (χ0v) is 11.0. The van der Waals surface area contributed by atoms with E-state index in [1.54, 1.807) is 11.3 Å². The quantitative estimate of drug-likeness (QED) is 0.836. The molecule has 2 saturated heterocycles. The fraction of sp³-hybridized carbons (Fsp3) is 0.538. The van der Waals surface area contributed by atoms with Gasteiger partial charge in [0.1, 0.15) is 0 Å². The van der Waals surface area contributed by atoms with Gasteiger partial charge in [-0.05, 0) is 24.3 Å². The van der Waals surface area contributed by atoms with Crippen LogP contribution in [0.4, 0.5) is 0 Å². The minimum absolute atomic E-state index is 0.241. The Morgan fingerprint density at radius 2 is 2.11 bits per heavy atom. The molecule has 0 saturated carbocycles. The van der Waals surface area contributed by atoms with Crippen molar-refractivity contribution in [1.29, 1.82) is 0 Å². The molecule has 4 atom stereocenters. The van der Waals surface area contributed by atoms with Gasteiger partial charge in [-0.25, -0.2) is 0 Å². The normalized spacial score (nSPS) is 32.4. The molecule has 3 heterocycles. The summed E-state index contributed by atoms with van der Waals surface area (Å²) in [4.78, 5) is 24.4. The van der Waals surface area contributed by atoms with Crippen LogP contribution in [-0.2, 0) is 20.9 Å². The van der Waals surface area contributed by atoms with Gasteiger partial charge in [-0.3, -0.25) is 4.79 Å². The van der Waals surface area contributed by atoms with Crippen LogP contribution in [0.15, 0.2) is 17.5 Å². The Kier molecular flexibility index (Phi) is 3.28. The Balaban J connectivity index is 1.66. The maximum atomic E-state index is 12.2. The number of amides is 1. The molecule has 3 rings (SSSR count). The smallest absolute Gasteiger partial charge is 0.226 e. The maximum Gasteiger partial charge on any atom is 0.226 e. The van der Waals surface area contributed by atoms with Crippen LogP contribution < -0.4 is 10.4 Å². The molecule has 19 heavy (non-hydrogen) atoms. The van der Waals surface area contributed by atoms with E-state index in [2.05, 4.69) is 5.32 Å². The van der Waals surface area contributed by atoms with Crippen molar-refractivity contribution >= 4 is 23.2 Å². The lowest BCUT2D eigenvalue weighted by Gasteiger charge is -2.27. The van der Waals surface area contributed by atoms with Crippen molar-refractivity contribution in [1.82, 2.24) is 5.32 Å². The van der Waals surface area contributed by atoms with E-state index < -0.39 is 17.8 Å². The second-order valence-electron chi connectivity index (χ2n) is 4.96. The number of carboxylic acid groups (broad SMARTS) is 1. The molecule has 2 aliphatic rings. The number of rotatable bonds is 4. The average Bonchev–Trinajstić information content (AvgIpc) is 3.10. The lowest BCUT2D eigenvalue weighted by molar-refractivity contribution is -0.314. The van der Waals surface area contributed by atoms with Gasteiger partial charge in [-0.15, -0.1) is 11.3 Å². The van der Waals surface area contributed by atoms with E-state index in [-0.39, 0.29) is 18.1 Å². The molecule has 0 radical (unpaired) electrons. The largest absolute Gasteiger partial charge is 0.550 e. The molecule has 102 valence electrons. The Bertz CT molecular complexity index is 487. The van der Waals surface area contributed by atoms with Crippen molar-refractivity contribution in [3.05, 3.63) is 22.4 Å². The van der Waals surface area contributed by atoms with Gasteiger partial charge in [-0.2, -0.15) is 0 Å². The van der Waals surface area contributed by atoms with Gasteiger partial charge >= 0.3 is 0 Å². The van der Waals surface area contributed by atoms with Crippen molar-refractivity contribution in [2.24, 2.45) is 11.8 Å². The van der Waals surface area contributed by atoms with Crippen LogP contribution in [0.3, 0.4) is 0 Å². The Labute approximate surface area is 114 Å². The summed E-state index contributed by atoms with van der Waals surface area (Å²) in [6.45, 7) is 0.435. The van der Waals surface area contributed by atoms with Crippen molar-refractivity contribution < 1.29 is 19.4 Å². The van der Waals surface area contributed by atoms with Gasteiger partial charge < -0.3 is 20.0 Å². The Morgan fingerprint density at radius 3 is 2.74 bits per heavy atom. The van der Waals surface area contributed by atoms with Crippen LogP contribution in [0.2, 0.25) is 0 Å². The topological polar surface area (TPSA) is 78.5 Å². The lowest BCUT2D eigenvalue weighted by atomic mass is 9.79. The van der Waals surface area contributed by atoms with E-state index in [0.29, 0.717) is 13.0 Å². The first-order valence-corrected chi connectivity index (χ1v) is 7.21. The number of hydrogen-bond donors (Lipinski definition) is 1. The molecule has 2 aliphatic heterocycles. The summed E-state index contributed by atoms with van der Waals surface area (Å²) in [5.74, 6) is -2.83. The third kappa shape index (κ3) is 2.26. The summed E-state index contributed by atoms with van der Waals surface area (Å²) in [6.07, 6.45) is 0.840. The van der Waals surface area contributed by atoms with Crippen LogP contribution in [0.1, 0.15) is 17.7 Å². The molecule has 1 N–H and O–H groups in total. The van der Waals surface area contributed by atoms with E-state index in [0.717, 1.165) is 11.3 Å². The number of nitrogens with one attached hydrogen (secondary N) is 1. The second-order valence-corrected chi connectivity index (χ2v) is 5.99. The highest BCUT2D eigenvalue weighted by molar-refractivity contribution is 7.09. The summed E-state index contributed by atoms with van der Waals surface area (Å²) >= 11 is 1.56. The molecule has 0 aliphatic carbocycles. The third-order valence-electron chi connectivity index (χ3n) is 3.87. The van der Waals surface area contributed by atoms with Crippen molar-refractivity contribution in [2.45, 2.75) is 31.6 Å². The molecule has 6 heteroatoms. The van der Waals surface area contributed by atoms with E-state index in [1.807, 2.05) is 17.5 Å². The summed E-state index contributed by atoms with van der Waals surface area (Å²) in [6, 6.07) is 3.84. The van der Waals surface area contributed by atoms with Crippen LogP contribution in [0.5, 0.6) is 0 Å². The highest BCUT2D eigenvalue weighted by Gasteiger charge is 2.52. The molecule has 0 aromatic carbocycles. The second kappa shape index (κ2) is 4.94. The highest BCUT2D eigenvalue weighted by atomic mass is 32.1. The zero-order valence-electron chi connectivity index (χ0n) is 10.2. The SMILES string of the molecule is O=C([O-])C1C2CCC(O2)C1C(=O)NCc1cccs1. The van der Waals surface area contributed by atoms with Crippen LogP contribution >= 0.6 is 11.3 Å². The molecular weight excluding hydrogens is 266 g/mol. The lowest BCUT2D eigenvalue weighted by Crippen LogP contribution is -2.47. The number of aliphatic carboxylic acids is 1. The third-order valence-corrected chi connectivity index (χ3v) is 4.74. The number of carboxylic acids is 1. The molecule has 5 nitrogen and oxygen atoms in total. The van der Waals surface area contributed by atoms with Crippen molar-refractivity contribution in [3.63, 3.8) is 0 Å². The number of fused-ring (bicyclic) bond motifs is 2. The first-order valence-electron chi connectivity index (χ1n) is 6.33. The van der Waals surface area contributed by atoms with Crippen molar-refractivity contribution in [3.8, 4) is 0 Å². The number of ether oxygens (including phenoxy) is 1. The molecule has 2 bridgehead atoms. The summed E-state index contributed by atoms with van der Waals surface area (Å²) in [7, 11) is 0. The van der Waals surface area contributed by atoms with E-state index in [4.69, 9.17) is 4.74 Å². The predicted molar refractivity (Wildman–Crippen MR) is 66.0 cm³/mol. The van der Waals surface area contributed by atoms with Crippen LogP contribution in [-0.4, -0.2) is 24.1 Å². The van der Waals surface area contributed by atoms with E-state index in [9.17, 15) is 14.7 Å².